The van der Waals surface area contributed by atoms with Gasteiger partial charge in [0.1, 0.15) is 0 Å². The van der Waals surface area contributed by atoms with Gasteiger partial charge in [0.15, 0.2) is 22.4 Å². The zero-order valence-corrected chi connectivity index (χ0v) is 23.3. The first-order valence-electron chi connectivity index (χ1n) is 11.7. The number of carbonyl (C=O) groups is 1. The molecular formula is C26H42O3Si2. The number of rotatable bonds is 5. The van der Waals surface area contributed by atoms with Crippen LogP contribution in [0.1, 0.15) is 59.9 Å². The van der Waals surface area contributed by atoms with Gasteiger partial charge in [0, 0.05) is 17.9 Å². The molecule has 2 aliphatic rings. The molecule has 3 nitrogen and oxygen atoms in total. The van der Waals surface area contributed by atoms with Crippen molar-refractivity contribution < 1.29 is 13.6 Å². The second-order valence-corrected chi connectivity index (χ2v) is 22.0. The van der Waals surface area contributed by atoms with E-state index >= 15 is 0 Å². The number of fused-ring (bicyclic) bond motifs is 1. The van der Waals surface area contributed by atoms with Crippen molar-refractivity contribution in [3.05, 3.63) is 41.5 Å². The molecule has 31 heavy (non-hydrogen) atoms. The fourth-order valence-corrected chi connectivity index (χ4v) is 6.92. The molecule has 5 heteroatoms. The predicted octanol–water partition coefficient (Wildman–Crippen LogP) is 7.21. The molecule has 0 aliphatic heterocycles. The summed E-state index contributed by atoms with van der Waals surface area (Å²) < 4.78 is 14.0. The summed E-state index contributed by atoms with van der Waals surface area (Å²) in [6.07, 6.45) is 1.36. The van der Waals surface area contributed by atoms with Crippen molar-refractivity contribution in [2.45, 2.75) is 103 Å². The summed E-state index contributed by atoms with van der Waals surface area (Å²) in [4.78, 5) is 13.1. The summed E-state index contributed by atoms with van der Waals surface area (Å²) in [5.74, 6) is 0.410. The lowest BCUT2D eigenvalue weighted by Crippen LogP contribution is -2.51. The summed E-state index contributed by atoms with van der Waals surface area (Å²) in [5, 5.41) is 0.255. The van der Waals surface area contributed by atoms with Gasteiger partial charge in [-0.15, -0.1) is 0 Å². The highest BCUT2D eigenvalue weighted by molar-refractivity contribution is 6.74. The second-order valence-electron chi connectivity index (χ2n) is 12.5. The van der Waals surface area contributed by atoms with E-state index in [1.807, 2.05) is 18.2 Å². The van der Waals surface area contributed by atoms with Gasteiger partial charge >= 0.3 is 0 Å². The number of hydrogen-bond donors (Lipinski definition) is 0. The fraction of sp³-hybridized carbons (Fsp3) is 0.654. The van der Waals surface area contributed by atoms with Crippen molar-refractivity contribution in [3.8, 4) is 0 Å². The highest BCUT2D eigenvalue weighted by Crippen LogP contribution is 2.51. The summed E-state index contributed by atoms with van der Waals surface area (Å²) >= 11 is 0. The van der Waals surface area contributed by atoms with E-state index in [4.69, 9.17) is 8.85 Å². The Morgan fingerprint density at radius 1 is 0.806 bits per heavy atom. The first-order chi connectivity index (χ1) is 14.1. The van der Waals surface area contributed by atoms with E-state index in [1.165, 1.54) is 5.57 Å². The Labute approximate surface area is 191 Å². The molecule has 0 bridgehead atoms. The standard InChI is InChI=1S/C26H42O3Si2/c1-25(2,3)30(7,8)28-22-17-19-20(24(22)29-31(9,10)26(4,5)6)16-21(27)23(19)18-14-12-11-13-15-18/h11-15,20,22,24H,16-17H2,1-10H3/t20-,22+,24+/m1/s1. The van der Waals surface area contributed by atoms with E-state index < -0.39 is 16.6 Å². The SMILES string of the molecule is CC(C)(C)[Si](C)(C)O[C@@H]1[C@@H](O[Si](C)(C)C(C)(C)C)CC2=C(c3ccccc3)C(=O)C[C@H]21. The van der Waals surface area contributed by atoms with Crippen LogP contribution in [0.15, 0.2) is 35.9 Å². The normalized spacial score (nSPS) is 25.4. The second kappa shape index (κ2) is 8.09. The predicted molar refractivity (Wildman–Crippen MR) is 135 cm³/mol. The lowest BCUT2D eigenvalue weighted by atomic mass is 10.00. The van der Waals surface area contributed by atoms with Crippen LogP contribution in [0.25, 0.3) is 5.57 Å². The zero-order chi connectivity index (χ0) is 23.4. The highest BCUT2D eigenvalue weighted by atomic mass is 28.4. The number of carbonyl (C=O) groups excluding carboxylic acids is 1. The first kappa shape index (κ1) is 24.6. The third-order valence-corrected chi connectivity index (χ3v) is 17.2. The Bertz CT molecular complexity index is 857. The van der Waals surface area contributed by atoms with Crippen LogP contribution in [0.3, 0.4) is 0 Å². The van der Waals surface area contributed by atoms with Gasteiger partial charge in [0.2, 0.25) is 0 Å². The Morgan fingerprint density at radius 3 is 1.84 bits per heavy atom. The number of benzene rings is 1. The summed E-state index contributed by atoms with van der Waals surface area (Å²) in [5.41, 5.74) is 3.24. The Kier molecular flexibility index (Phi) is 6.42. The molecule has 0 amide bonds. The zero-order valence-electron chi connectivity index (χ0n) is 21.3. The van der Waals surface area contributed by atoms with Gasteiger partial charge in [-0.2, -0.15) is 0 Å². The molecule has 0 N–H and O–H groups in total. The van der Waals surface area contributed by atoms with Gasteiger partial charge < -0.3 is 8.85 Å². The maximum Gasteiger partial charge on any atom is 0.192 e. The quantitative estimate of drug-likeness (QED) is 0.437. The van der Waals surface area contributed by atoms with Crippen molar-refractivity contribution in [2.75, 3.05) is 0 Å². The van der Waals surface area contributed by atoms with E-state index in [0.29, 0.717) is 6.42 Å². The van der Waals surface area contributed by atoms with E-state index in [1.54, 1.807) is 0 Å². The van der Waals surface area contributed by atoms with E-state index in [-0.39, 0.29) is 34.0 Å². The molecule has 3 rings (SSSR count). The number of Topliss-reactive ketones (excluding diaryl/α,β-unsaturated/α-hetero) is 1. The average molecular weight is 459 g/mol. The molecule has 0 unspecified atom stereocenters. The maximum atomic E-state index is 13.1. The van der Waals surface area contributed by atoms with Crippen molar-refractivity contribution >= 4 is 28.0 Å². The molecule has 0 saturated heterocycles. The van der Waals surface area contributed by atoms with E-state index in [9.17, 15) is 4.79 Å². The van der Waals surface area contributed by atoms with Crippen LogP contribution in [-0.2, 0) is 13.6 Å². The Morgan fingerprint density at radius 2 is 1.32 bits per heavy atom. The van der Waals surface area contributed by atoms with Crippen LogP contribution in [0.4, 0.5) is 0 Å². The minimum absolute atomic E-state index is 0.0295. The monoisotopic (exact) mass is 458 g/mol. The minimum atomic E-state index is -2.01. The molecule has 0 aromatic heterocycles. The Hall–Kier alpha value is -1.02. The van der Waals surface area contributed by atoms with Crippen molar-refractivity contribution in [2.24, 2.45) is 5.92 Å². The highest BCUT2D eigenvalue weighted by Gasteiger charge is 2.53. The number of hydrogen-bond acceptors (Lipinski definition) is 3. The molecule has 1 aromatic carbocycles. The lowest BCUT2D eigenvalue weighted by molar-refractivity contribution is -0.114. The molecule has 172 valence electrons. The third-order valence-electron chi connectivity index (χ3n) is 8.19. The van der Waals surface area contributed by atoms with Crippen LogP contribution in [0.5, 0.6) is 0 Å². The lowest BCUT2D eigenvalue weighted by Gasteiger charge is -2.44. The smallest absolute Gasteiger partial charge is 0.192 e. The molecule has 0 spiro atoms. The van der Waals surface area contributed by atoms with Crippen molar-refractivity contribution in [3.63, 3.8) is 0 Å². The molecule has 0 heterocycles. The largest absolute Gasteiger partial charge is 0.411 e. The molecule has 2 aliphatic carbocycles. The van der Waals surface area contributed by atoms with Gasteiger partial charge in [-0.25, -0.2) is 0 Å². The number of allylic oxidation sites excluding steroid dienone is 1. The van der Waals surface area contributed by atoms with Gasteiger partial charge in [-0.3, -0.25) is 4.79 Å². The summed E-state index contributed by atoms with van der Waals surface area (Å²) in [6.45, 7) is 23.0. The van der Waals surface area contributed by atoms with E-state index in [2.05, 4.69) is 79.9 Å². The maximum absolute atomic E-state index is 13.1. The summed E-state index contributed by atoms with van der Waals surface area (Å²) in [6, 6.07) is 10.2. The third kappa shape index (κ3) is 4.70. The van der Waals surface area contributed by atoms with Crippen LogP contribution in [-0.4, -0.2) is 34.6 Å². The van der Waals surface area contributed by atoms with Gasteiger partial charge in [0.25, 0.3) is 0 Å². The summed E-state index contributed by atoms with van der Waals surface area (Å²) in [7, 11) is -3.99. The molecular weight excluding hydrogens is 416 g/mol. The van der Waals surface area contributed by atoms with Crippen LogP contribution >= 0.6 is 0 Å². The van der Waals surface area contributed by atoms with Crippen molar-refractivity contribution in [1.82, 2.24) is 0 Å². The van der Waals surface area contributed by atoms with Gasteiger partial charge in [0.05, 0.1) is 12.2 Å². The number of ketones is 1. The molecule has 1 saturated carbocycles. The van der Waals surface area contributed by atoms with Crippen LogP contribution in [0, 0.1) is 5.92 Å². The minimum Gasteiger partial charge on any atom is -0.411 e. The molecule has 0 radical (unpaired) electrons. The van der Waals surface area contributed by atoms with E-state index in [0.717, 1.165) is 17.6 Å². The average Bonchev–Trinajstić information content (AvgIpc) is 3.08. The molecule has 1 aromatic rings. The van der Waals surface area contributed by atoms with Crippen LogP contribution < -0.4 is 0 Å². The van der Waals surface area contributed by atoms with Gasteiger partial charge in [-0.05, 0) is 53.8 Å². The first-order valence-corrected chi connectivity index (χ1v) is 17.5. The Balaban J connectivity index is 2.03. The van der Waals surface area contributed by atoms with Crippen molar-refractivity contribution in [1.29, 1.82) is 0 Å². The van der Waals surface area contributed by atoms with Crippen LogP contribution in [0.2, 0.25) is 36.3 Å². The van der Waals surface area contributed by atoms with Gasteiger partial charge in [-0.1, -0.05) is 71.9 Å². The molecule has 1 fully saturated rings. The molecule has 3 atom stereocenters. The fourth-order valence-electron chi connectivity index (χ4n) is 4.24. The topological polar surface area (TPSA) is 35.5 Å².